The Kier molecular flexibility index (Phi) is 5.29. The Morgan fingerprint density at radius 3 is 2.70 bits per heavy atom. The van der Waals surface area contributed by atoms with Crippen molar-refractivity contribution in [3.8, 4) is 0 Å². The van der Waals surface area contributed by atoms with Crippen molar-refractivity contribution in [3.63, 3.8) is 0 Å². The van der Waals surface area contributed by atoms with Crippen molar-refractivity contribution in [2.24, 2.45) is 0 Å². The first-order valence-electron chi connectivity index (χ1n) is 9.51. The maximum absolute atomic E-state index is 14.8. The molecule has 0 unspecified atom stereocenters. The molecule has 0 amide bonds. The largest absolute Gasteiger partial charge is 0.381 e. The fraction of sp³-hybridized carbons (Fsp3) is 0.286. The fourth-order valence-electron chi connectivity index (χ4n) is 3.80. The standard InChI is InChI=1S/C21H20ClF2N5O/c1-3-19-15-5-4-6-17(22)20(15)29(27-19)13(2)21(30,10-28-12-25-11-26-28)16-8-7-14(23)9-18(16)24/h4-9,11-13,30H,3,10H2,1-2H3/t13-,21-/m1/s1. The van der Waals surface area contributed by atoms with Gasteiger partial charge in [0.05, 0.1) is 28.8 Å². The summed E-state index contributed by atoms with van der Waals surface area (Å²) < 4.78 is 31.4. The lowest BCUT2D eigenvalue weighted by atomic mass is 9.86. The normalized spacial score (nSPS) is 14.7. The number of para-hydroxylation sites is 1. The minimum Gasteiger partial charge on any atom is -0.381 e. The fourth-order valence-corrected chi connectivity index (χ4v) is 4.06. The summed E-state index contributed by atoms with van der Waals surface area (Å²) in [5, 5.41) is 21.9. The number of aliphatic hydroxyl groups is 1. The van der Waals surface area contributed by atoms with Crippen molar-refractivity contribution in [2.45, 2.75) is 38.5 Å². The van der Waals surface area contributed by atoms with Gasteiger partial charge >= 0.3 is 0 Å². The van der Waals surface area contributed by atoms with Gasteiger partial charge in [0.25, 0.3) is 0 Å². The van der Waals surface area contributed by atoms with Crippen LogP contribution < -0.4 is 0 Å². The highest BCUT2D eigenvalue weighted by atomic mass is 35.5. The molecule has 2 heterocycles. The second-order valence-corrected chi connectivity index (χ2v) is 7.61. The SMILES string of the molecule is CCc1nn([C@H](C)[C@](O)(Cn2cncn2)c2ccc(F)cc2F)c2c(Cl)cccc12. The number of halogens is 3. The Morgan fingerprint density at radius 1 is 1.23 bits per heavy atom. The van der Waals surface area contributed by atoms with Crippen LogP contribution >= 0.6 is 11.6 Å². The third kappa shape index (κ3) is 3.36. The molecular weight excluding hydrogens is 412 g/mol. The van der Waals surface area contributed by atoms with E-state index in [0.717, 1.165) is 23.2 Å². The molecule has 0 aliphatic rings. The minimum absolute atomic E-state index is 0.0688. The van der Waals surface area contributed by atoms with Gasteiger partial charge in [0, 0.05) is 17.0 Å². The van der Waals surface area contributed by atoms with E-state index in [2.05, 4.69) is 15.2 Å². The first kappa shape index (κ1) is 20.4. The molecule has 0 spiro atoms. The van der Waals surface area contributed by atoms with E-state index in [-0.39, 0.29) is 12.1 Å². The molecule has 0 aliphatic heterocycles. The van der Waals surface area contributed by atoms with Crippen LogP contribution in [-0.4, -0.2) is 29.7 Å². The zero-order valence-corrected chi connectivity index (χ0v) is 17.2. The number of nitrogens with zero attached hydrogens (tertiary/aromatic N) is 5. The molecule has 30 heavy (non-hydrogen) atoms. The van der Waals surface area contributed by atoms with E-state index in [0.29, 0.717) is 17.0 Å². The van der Waals surface area contributed by atoms with Gasteiger partial charge in [0.15, 0.2) is 0 Å². The van der Waals surface area contributed by atoms with Crippen LogP contribution in [0.25, 0.3) is 10.9 Å². The van der Waals surface area contributed by atoms with Crippen molar-refractivity contribution >= 4 is 22.5 Å². The Bertz CT molecular complexity index is 1190. The van der Waals surface area contributed by atoms with Crippen molar-refractivity contribution < 1.29 is 13.9 Å². The maximum Gasteiger partial charge on any atom is 0.137 e. The molecule has 156 valence electrons. The second kappa shape index (κ2) is 7.77. The van der Waals surface area contributed by atoms with Crippen LogP contribution in [0.5, 0.6) is 0 Å². The molecule has 0 bridgehead atoms. The number of hydrogen-bond acceptors (Lipinski definition) is 4. The summed E-state index contributed by atoms with van der Waals surface area (Å²) >= 11 is 6.47. The van der Waals surface area contributed by atoms with Gasteiger partial charge < -0.3 is 5.11 Å². The summed E-state index contributed by atoms with van der Waals surface area (Å²) in [7, 11) is 0. The predicted molar refractivity (Wildman–Crippen MR) is 109 cm³/mol. The molecule has 0 radical (unpaired) electrons. The highest BCUT2D eigenvalue weighted by molar-refractivity contribution is 6.35. The van der Waals surface area contributed by atoms with Gasteiger partial charge in [-0.1, -0.05) is 36.7 Å². The molecule has 1 N–H and O–H groups in total. The molecule has 2 aromatic carbocycles. The van der Waals surface area contributed by atoms with E-state index in [9.17, 15) is 13.9 Å². The van der Waals surface area contributed by atoms with Crippen LogP contribution in [0, 0.1) is 11.6 Å². The summed E-state index contributed by atoms with van der Waals surface area (Å²) in [6.45, 7) is 3.57. The van der Waals surface area contributed by atoms with E-state index >= 15 is 0 Å². The average Bonchev–Trinajstić information content (AvgIpc) is 3.35. The molecule has 0 fully saturated rings. The van der Waals surface area contributed by atoms with E-state index in [1.807, 2.05) is 19.1 Å². The summed E-state index contributed by atoms with van der Waals surface area (Å²) in [5.41, 5.74) is -0.444. The van der Waals surface area contributed by atoms with Crippen molar-refractivity contribution in [3.05, 3.63) is 77.0 Å². The number of benzene rings is 2. The van der Waals surface area contributed by atoms with Gasteiger partial charge in [-0.05, 0) is 25.5 Å². The lowest BCUT2D eigenvalue weighted by Gasteiger charge is -2.35. The summed E-state index contributed by atoms with van der Waals surface area (Å²) in [6.07, 6.45) is 3.40. The quantitative estimate of drug-likeness (QED) is 0.495. The summed E-state index contributed by atoms with van der Waals surface area (Å²) in [6, 6.07) is 7.81. The van der Waals surface area contributed by atoms with Crippen molar-refractivity contribution in [1.82, 2.24) is 24.5 Å². The first-order valence-corrected chi connectivity index (χ1v) is 9.89. The monoisotopic (exact) mass is 431 g/mol. The number of aryl methyl sites for hydroxylation is 1. The Balaban J connectivity index is 1.93. The first-order chi connectivity index (χ1) is 14.3. The minimum atomic E-state index is -1.82. The number of aromatic nitrogens is 5. The van der Waals surface area contributed by atoms with E-state index < -0.39 is 23.3 Å². The average molecular weight is 432 g/mol. The Labute approximate surface area is 176 Å². The van der Waals surface area contributed by atoms with E-state index in [4.69, 9.17) is 11.6 Å². The van der Waals surface area contributed by atoms with Gasteiger partial charge in [0.2, 0.25) is 0 Å². The molecule has 9 heteroatoms. The molecule has 0 saturated carbocycles. The highest BCUT2D eigenvalue weighted by Gasteiger charge is 2.41. The number of rotatable bonds is 6. The topological polar surface area (TPSA) is 68.8 Å². The number of fused-ring (bicyclic) bond motifs is 1. The van der Waals surface area contributed by atoms with Gasteiger partial charge in [-0.3, -0.25) is 4.68 Å². The third-order valence-electron chi connectivity index (χ3n) is 5.42. The molecular formula is C21H20ClF2N5O. The lowest BCUT2D eigenvalue weighted by molar-refractivity contribution is -0.0355. The zero-order chi connectivity index (χ0) is 21.5. The Hall–Kier alpha value is -2.84. The van der Waals surface area contributed by atoms with Gasteiger partial charge in [-0.2, -0.15) is 10.2 Å². The van der Waals surface area contributed by atoms with Crippen LogP contribution in [0.3, 0.4) is 0 Å². The van der Waals surface area contributed by atoms with Crippen LogP contribution in [0.4, 0.5) is 8.78 Å². The van der Waals surface area contributed by atoms with Crippen LogP contribution in [0.15, 0.2) is 49.1 Å². The van der Waals surface area contributed by atoms with E-state index in [1.165, 1.54) is 23.4 Å². The third-order valence-corrected chi connectivity index (χ3v) is 5.72. The molecule has 0 saturated heterocycles. The van der Waals surface area contributed by atoms with Gasteiger partial charge in [-0.25, -0.2) is 18.4 Å². The van der Waals surface area contributed by atoms with Crippen molar-refractivity contribution in [1.29, 1.82) is 0 Å². The molecule has 2 aromatic heterocycles. The summed E-state index contributed by atoms with van der Waals surface area (Å²) in [5.74, 6) is -1.59. The maximum atomic E-state index is 14.8. The predicted octanol–water partition coefficient (Wildman–Crippen LogP) is 4.27. The molecule has 2 atom stereocenters. The molecule has 4 aromatic rings. The lowest BCUT2D eigenvalue weighted by Crippen LogP contribution is -2.41. The molecule has 0 aliphatic carbocycles. The van der Waals surface area contributed by atoms with Crippen LogP contribution in [0.2, 0.25) is 5.02 Å². The number of hydrogen-bond donors (Lipinski definition) is 1. The van der Waals surface area contributed by atoms with Gasteiger partial charge in [-0.15, -0.1) is 0 Å². The summed E-state index contributed by atoms with van der Waals surface area (Å²) in [4.78, 5) is 3.89. The smallest absolute Gasteiger partial charge is 0.137 e. The van der Waals surface area contributed by atoms with Crippen LogP contribution in [0.1, 0.15) is 31.1 Å². The molecule has 4 rings (SSSR count). The van der Waals surface area contributed by atoms with E-state index in [1.54, 1.807) is 17.7 Å². The second-order valence-electron chi connectivity index (χ2n) is 7.20. The highest BCUT2D eigenvalue weighted by Crippen LogP contribution is 2.39. The molecule has 6 nitrogen and oxygen atoms in total. The van der Waals surface area contributed by atoms with Crippen LogP contribution in [-0.2, 0) is 18.6 Å². The van der Waals surface area contributed by atoms with Gasteiger partial charge in [0.1, 0.15) is 29.9 Å². The zero-order valence-electron chi connectivity index (χ0n) is 16.4. The van der Waals surface area contributed by atoms with Crippen molar-refractivity contribution in [2.75, 3.05) is 0 Å². The Morgan fingerprint density at radius 2 is 2.03 bits per heavy atom.